The van der Waals surface area contributed by atoms with E-state index in [-0.39, 0.29) is 5.92 Å². The van der Waals surface area contributed by atoms with Crippen molar-refractivity contribution in [3.63, 3.8) is 0 Å². The average Bonchev–Trinajstić information content (AvgIpc) is 2.67. The predicted octanol–water partition coefficient (Wildman–Crippen LogP) is 2.45. The fraction of sp³-hybridized carbons (Fsp3) is 0.786. The molecule has 1 heterocycles. The molecule has 5 heteroatoms. The topological polar surface area (TPSA) is 58.3 Å². The van der Waals surface area contributed by atoms with Gasteiger partial charge >= 0.3 is 0 Å². The first-order chi connectivity index (χ1) is 8.96. The van der Waals surface area contributed by atoms with E-state index in [1.54, 1.807) is 4.68 Å². The van der Waals surface area contributed by atoms with Gasteiger partial charge in [0, 0.05) is 13.5 Å². The van der Waals surface area contributed by atoms with Crippen molar-refractivity contribution < 1.29 is 10.2 Å². The van der Waals surface area contributed by atoms with Crippen molar-refractivity contribution in [1.29, 1.82) is 0 Å². The molecular weight excluding hydrogens is 308 g/mol. The molecule has 0 saturated carbocycles. The number of hydrogen-bond acceptors (Lipinski definition) is 3. The first-order valence-corrected chi connectivity index (χ1v) is 7.81. The van der Waals surface area contributed by atoms with Crippen LogP contribution < -0.4 is 0 Å². The van der Waals surface area contributed by atoms with E-state index >= 15 is 0 Å². The molecule has 1 aromatic rings. The van der Waals surface area contributed by atoms with E-state index in [4.69, 9.17) is 0 Å². The van der Waals surface area contributed by atoms with Crippen LogP contribution in [0.25, 0.3) is 0 Å². The van der Waals surface area contributed by atoms with E-state index in [1.807, 2.05) is 27.8 Å². The van der Waals surface area contributed by atoms with Gasteiger partial charge in [-0.05, 0) is 28.3 Å². The first kappa shape index (κ1) is 16.7. The molecule has 4 nitrogen and oxygen atoms in total. The smallest absolute Gasteiger partial charge is 0.0857 e. The van der Waals surface area contributed by atoms with Gasteiger partial charge in [0.05, 0.1) is 28.1 Å². The Kier molecular flexibility index (Phi) is 6.50. The van der Waals surface area contributed by atoms with Crippen molar-refractivity contribution in [2.75, 3.05) is 0 Å². The molecule has 2 atom stereocenters. The Balaban J connectivity index is 2.82. The highest BCUT2D eigenvalue weighted by molar-refractivity contribution is 9.10. The first-order valence-electron chi connectivity index (χ1n) is 7.02. The number of aryl methyl sites for hydroxylation is 2. The Bertz CT molecular complexity index is 402. The Hall–Kier alpha value is -0.390. The number of nitrogens with zero attached hydrogens (tertiary/aromatic N) is 2. The Morgan fingerprint density at radius 3 is 2.21 bits per heavy atom. The van der Waals surface area contributed by atoms with Gasteiger partial charge in [-0.3, -0.25) is 4.68 Å². The van der Waals surface area contributed by atoms with E-state index in [2.05, 4.69) is 21.0 Å². The lowest BCUT2D eigenvalue weighted by molar-refractivity contribution is -0.0196. The monoisotopic (exact) mass is 332 g/mol. The summed E-state index contributed by atoms with van der Waals surface area (Å²) in [6.45, 7) is 6.13. The maximum atomic E-state index is 10.2. The second-order valence-corrected chi connectivity index (χ2v) is 5.82. The molecule has 0 bridgehead atoms. The maximum Gasteiger partial charge on any atom is 0.0857 e. The Morgan fingerprint density at radius 1 is 1.21 bits per heavy atom. The molecule has 2 N–H and O–H groups in total. The summed E-state index contributed by atoms with van der Waals surface area (Å²) >= 11 is 3.53. The highest BCUT2D eigenvalue weighted by Crippen LogP contribution is 2.25. The van der Waals surface area contributed by atoms with Gasteiger partial charge in [0.25, 0.3) is 0 Å². The summed E-state index contributed by atoms with van der Waals surface area (Å²) < 4.78 is 2.74. The van der Waals surface area contributed by atoms with Crippen molar-refractivity contribution in [3.8, 4) is 0 Å². The van der Waals surface area contributed by atoms with Gasteiger partial charge in [-0.1, -0.05) is 33.6 Å². The van der Waals surface area contributed by atoms with Crippen LogP contribution in [0.5, 0.6) is 0 Å². The molecule has 0 radical (unpaired) electrons. The molecular formula is C14H25BrN2O2. The van der Waals surface area contributed by atoms with E-state index in [0.717, 1.165) is 35.1 Å². The number of aliphatic hydroxyl groups excluding tert-OH is 2. The maximum absolute atomic E-state index is 10.2. The molecule has 0 spiro atoms. The van der Waals surface area contributed by atoms with E-state index in [0.29, 0.717) is 6.42 Å². The third-order valence-corrected chi connectivity index (χ3v) is 4.75. The van der Waals surface area contributed by atoms with Crippen LogP contribution in [0.3, 0.4) is 0 Å². The lowest BCUT2D eigenvalue weighted by atomic mass is 9.91. The summed E-state index contributed by atoms with van der Waals surface area (Å²) in [5, 5.41) is 24.8. The van der Waals surface area contributed by atoms with Crippen LogP contribution in [-0.4, -0.2) is 32.2 Å². The Morgan fingerprint density at radius 2 is 1.79 bits per heavy atom. The summed E-state index contributed by atoms with van der Waals surface area (Å²) in [5.74, 6) is 0.146. The van der Waals surface area contributed by atoms with Crippen LogP contribution in [0.15, 0.2) is 4.47 Å². The van der Waals surface area contributed by atoms with Crippen LogP contribution in [0.2, 0.25) is 0 Å². The van der Waals surface area contributed by atoms with Gasteiger partial charge in [-0.25, -0.2) is 0 Å². The van der Waals surface area contributed by atoms with E-state index < -0.39 is 12.2 Å². The number of halogens is 1. The fourth-order valence-electron chi connectivity index (χ4n) is 2.45. The largest absolute Gasteiger partial charge is 0.390 e. The predicted molar refractivity (Wildman–Crippen MR) is 80.1 cm³/mol. The van der Waals surface area contributed by atoms with Crippen LogP contribution in [0, 0.1) is 5.92 Å². The summed E-state index contributed by atoms with van der Waals surface area (Å²) in [6, 6.07) is 0. The average molecular weight is 333 g/mol. The van der Waals surface area contributed by atoms with E-state index in [1.165, 1.54) is 0 Å². The number of aliphatic hydroxyl groups is 2. The van der Waals surface area contributed by atoms with Gasteiger partial charge in [0.15, 0.2) is 0 Å². The molecule has 19 heavy (non-hydrogen) atoms. The second kappa shape index (κ2) is 7.41. The minimum absolute atomic E-state index is 0.146. The number of aromatic nitrogens is 2. The van der Waals surface area contributed by atoms with Gasteiger partial charge in [0.2, 0.25) is 0 Å². The third-order valence-electron chi connectivity index (χ3n) is 3.83. The molecule has 2 unspecified atom stereocenters. The van der Waals surface area contributed by atoms with E-state index in [9.17, 15) is 10.2 Å². The summed E-state index contributed by atoms with van der Waals surface area (Å²) in [7, 11) is 1.87. The number of rotatable bonds is 7. The molecule has 0 aliphatic carbocycles. The zero-order chi connectivity index (χ0) is 14.6. The van der Waals surface area contributed by atoms with Crippen LogP contribution >= 0.6 is 15.9 Å². The zero-order valence-corrected chi connectivity index (χ0v) is 13.8. The molecule has 1 aromatic heterocycles. The summed E-state index contributed by atoms with van der Waals surface area (Å²) in [4.78, 5) is 0. The van der Waals surface area contributed by atoms with Crippen molar-refractivity contribution in [2.24, 2.45) is 13.0 Å². The van der Waals surface area contributed by atoms with Crippen molar-refractivity contribution >= 4 is 15.9 Å². The minimum Gasteiger partial charge on any atom is -0.390 e. The molecule has 0 aliphatic rings. The van der Waals surface area contributed by atoms with Crippen LogP contribution in [-0.2, 0) is 19.9 Å². The van der Waals surface area contributed by atoms with Crippen molar-refractivity contribution in [3.05, 3.63) is 15.9 Å². The van der Waals surface area contributed by atoms with Gasteiger partial charge in [0.1, 0.15) is 0 Å². The molecule has 0 aliphatic heterocycles. The lowest BCUT2D eigenvalue weighted by Gasteiger charge is -2.25. The zero-order valence-electron chi connectivity index (χ0n) is 12.2. The van der Waals surface area contributed by atoms with Crippen molar-refractivity contribution in [2.45, 2.75) is 58.7 Å². The summed E-state index contributed by atoms with van der Waals surface area (Å²) in [6.07, 6.45) is 1.59. The van der Waals surface area contributed by atoms with Gasteiger partial charge < -0.3 is 10.2 Å². The molecule has 0 aromatic carbocycles. The fourth-order valence-corrected chi connectivity index (χ4v) is 3.22. The molecule has 1 rings (SSSR count). The van der Waals surface area contributed by atoms with Gasteiger partial charge in [-0.15, -0.1) is 0 Å². The SMILES string of the molecule is CCc1nn(C)c(CC(O)C(O)C(CC)CC)c1Br. The Labute approximate surface area is 124 Å². The van der Waals surface area contributed by atoms with Crippen LogP contribution in [0.4, 0.5) is 0 Å². The second-order valence-electron chi connectivity index (χ2n) is 5.02. The highest BCUT2D eigenvalue weighted by Gasteiger charge is 2.26. The quantitative estimate of drug-likeness (QED) is 0.806. The number of hydrogen-bond donors (Lipinski definition) is 2. The molecule has 0 fully saturated rings. The minimum atomic E-state index is -0.749. The van der Waals surface area contributed by atoms with Crippen LogP contribution in [0.1, 0.15) is 45.0 Å². The third kappa shape index (κ3) is 3.80. The van der Waals surface area contributed by atoms with Gasteiger partial charge in [-0.2, -0.15) is 5.10 Å². The highest BCUT2D eigenvalue weighted by atomic mass is 79.9. The lowest BCUT2D eigenvalue weighted by Crippen LogP contribution is -2.35. The molecule has 0 amide bonds. The summed E-state index contributed by atoms with van der Waals surface area (Å²) in [5.41, 5.74) is 1.93. The molecule has 0 saturated heterocycles. The normalized spacial score (nSPS) is 14.9. The van der Waals surface area contributed by atoms with Crippen molar-refractivity contribution in [1.82, 2.24) is 9.78 Å². The molecule has 110 valence electrons. The standard InChI is InChI=1S/C14H25BrN2O2/c1-5-9(6-2)14(19)12(18)8-11-13(15)10(7-3)16-17(11)4/h9,12,14,18-19H,5-8H2,1-4H3.